The molecular formula is C48H30N2S. The summed E-state index contributed by atoms with van der Waals surface area (Å²) in [6.45, 7) is 0. The van der Waals surface area contributed by atoms with Gasteiger partial charge in [0.25, 0.3) is 0 Å². The lowest BCUT2D eigenvalue weighted by molar-refractivity contribution is 1.18. The number of fused-ring (bicyclic) bond motifs is 9. The normalized spacial score (nSPS) is 11.9. The van der Waals surface area contributed by atoms with Crippen molar-refractivity contribution in [2.45, 2.75) is 0 Å². The minimum atomic E-state index is 1.18. The van der Waals surface area contributed by atoms with Gasteiger partial charge in [0.1, 0.15) is 0 Å². The topological polar surface area (TPSA) is 9.86 Å². The fourth-order valence-corrected chi connectivity index (χ4v) is 9.59. The standard InChI is InChI=1S/C48H30N2S/c1-3-13-31(14-4-1)32-25-27-45-40(29-32)37-18-8-10-23-43(37)50(45)46-24-12-21-39-38-20-11-19-35(47(38)51-48(39)46)33-26-28-44-41(30-33)36-17-7-9-22-42(36)49(44)34-15-5-2-6-16-34/h1-30H. The lowest BCUT2D eigenvalue weighted by Crippen LogP contribution is -1.93. The molecule has 0 saturated heterocycles. The Hall–Kier alpha value is -6.42. The highest BCUT2D eigenvalue weighted by Gasteiger charge is 2.19. The van der Waals surface area contributed by atoms with E-state index >= 15 is 0 Å². The first kappa shape index (κ1) is 28.4. The first-order valence-corrected chi connectivity index (χ1v) is 18.3. The summed E-state index contributed by atoms with van der Waals surface area (Å²) in [4.78, 5) is 0. The average molecular weight is 667 g/mol. The first-order valence-electron chi connectivity index (χ1n) is 17.4. The van der Waals surface area contributed by atoms with Crippen LogP contribution in [0, 0.1) is 0 Å². The molecule has 0 aliphatic heterocycles. The number of aromatic nitrogens is 2. The fourth-order valence-electron chi connectivity index (χ4n) is 8.25. The highest BCUT2D eigenvalue weighted by molar-refractivity contribution is 7.26. The van der Waals surface area contributed by atoms with Crippen molar-refractivity contribution in [2.24, 2.45) is 0 Å². The highest BCUT2D eigenvalue weighted by atomic mass is 32.1. The van der Waals surface area contributed by atoms with E-state index in [1.165, 1.54) is 97.4 Å². The SMILES string of the molecule is c1ccc(-c2ccc3c(c2)c2ccccc2n3-c2cccc3c2sc2c(-c4ccc5c(c4)c4ccccc4n5-c4ccccc4)cccc23)cc1. The predicted molar refractivity (Wildman–Crippen MR) is 219 cm³/mol. The maximum atomic E-state index is 2.47. The van der Waals surface area contributed by atoms with Gasteiger partial charge in [-0.05, 0) is 76.9 Å². The number of nitrogens with zero attached hydrogens (tertiary/aromatic N) is 2. The quantitative estimate of drug-likeness (QED) is 0.177. The molecule has 0 radical (unpaired) electrons. The minimum Gasteiger partial charge on any atom is -0.309 e. The molecule has 0 atom stereocenters. The summed E-state index contributed by atoms with van der Waals surface area (Å²) in [6, 6.07) is 66.5. The van der Waals surface area contributed by atoms with Gasteiger partial charge in [-0.1, -0.05) is 127 Å². The second-order valence-electron chi connectivity index (χ2n) is 13.3. The summed E-state index contributed by atoms with van der Waals surface area (Å²) >= 11 is 1.91. The smallest absolute Gasteiger partial charge is 0.0640 e. The van der Waals surface area contributed by atoms with Crippen LogP contribution in [0.1, 0.15) is 0 Å². The number of thiophene rings is 1. The van der Waals surface area contributed by atoms with Crippen LogP contribution in [0.2, 0.25) is 0 Å². The van der Waals surface area contributed by atoms with Crippen molar-refractivity contribution in [3.63, 3.8) is 0 Å². The minimum absolute atomic E-state index is 1.18. The molecule has 11 aromatic rings. The molecule has 238 valence electrons. The molecule has 0 bridgehead atoms. The second-order valence-corrected chi connectivity index (χ2v) is 14.3. The van der Waals surface area contributed by atoms with Gasteiger partial charge in [-0.2, -0.15) is 0 Å². The lowest BCUT2D eigenvalue weighted by atomic mass is 10.0. The van der Waals surface area contributed by atoms with Crippen molar-refractivity contribution in [1.82, 2.24) is 9.13 Å². The van der Waals surface area contributed by atoms with Crippen molar-refractivity contribution >= 4 is 75.1 Å². The molecule has 8 aromatic carbocycles. The van der Waals surface area contributed by atoms with Gasteiger partial charge in [-0.25, -0.2) is 0 Å². The molecule has 0 aliphatic rings. The monoisotopic (exact) mass is 666 g/mol. The summed E-state index contributed by atoms with van der Waals surface area (Å²) in [7, 11) is 0. The Morgan fingerprint density at radius 1 is 0.314 bits per heavy atom. The van der Waals surface area contributed by atoms with E-state index in [1.54, 1.807) is 0 Å². The van der Waals surface area contributed by atoms with Crippen LogP contribution in [0.15, 0.2) is 182 Å². The fraction of sp³-hybridized carbons (Fsp3) is 0. The van der Waals surface area contributed by atoms with Crippen LogP contribution in [0.4, 0.5) is 0 Å². The molecule has 0 unspecified atom stereocenters. The van der Waals surface area contributed by atoms with Crippen LogP contribution < -0.4 is 0 Å². The van der Waals surface area contributed by atoms with Crippen molar-refractivity contribution in [2.75, 3.05) is 0 Å². The number of rotatable bonds is 4. The molecule has 0 N–H and O–H groups in total. The first-order chi connectivity index (χ1) is 25.3. The molecule has 2 nitrogen and oxygen atoms in total. The third-order valence-electron chi connectivity index (χ3n) is 10.5. The van der Waals surface area contributed by atoms with Crippen LogP contribution in [0.25, 0.3) is 97.4 Å². The molecular weight excluding hydrogens is 637 g/mol. The van der Waals surface area contributed by atoms with E-state index in [0.717, 1.165) is 0 Å². The van der Waals surface area contributed by atoms with E-state index in [9.17, 15) is 0 Å². The van der Waals surface area contributed by atoms with Crippen LogP contribution in [0.3, 0.4) is 0 Å². The molecule has 11 rings (SSSR count). The zero-order valence-corrected chi connectivity index (χ0v) is 28.4. The van der Waals surface area contributed by atoms with Gasteiger partial charge >= 0.3 is 0 Å². The largest absolute Gasteiger partial charge is 0.309 e. The molecule has 0 amide bonds. The van der Waals surface area contributed by atoms with Gasteiger partial charge in [0.05, 0.1) is 32.5 Å². The summed E-state index contributed by atoms with van der Waals surface area (Å²) in [5.41, 5.74) is 12.3. The Balaban J connectivity index is 1.13. The summed E-state index contributed by atoms with van der Waals surface area (Å²) in [5, 5.41) is 7.67. The number of para-hydroxylation sites is 3. The Bertz CT molecular complexity index is 3130. The Morgan fingerprint density at radius 2 is 0.843 bits per heavy atom. The number of hydrogen-bond acceptors (Lipinski definition) is 1. The predicted octanol–water partition coefficient (Wildman–Crippen LogP) is 13.6. The van der Waals surface area contributed by atoms with Gasteiger partial charge < -0.3 is 9.13 Å². The van der Waals surface area contributed by atoms with Gasteiger partial charge in [0, 0.05) is 42.7 Å². The zero-order chi connectivity index (χ0) is 33.5. The molecule has 0 saturated carbocycles. The summed E-state index contributed by atoms with van der Waals surface area (Å²) in [6.07, 6.45) is 0. The molecule has 0 fully saturated rings. The van der Waals surface area contributed by atoms with Crippen LogP contribution in [-0.4, -0.2) is 9.13 Å². The van der Waals surface area contributed by atoms with Crippen LogP contribution in [-0.2, 0) is 0 Å². The van der Waals surface area contributed by atoms with E-state index < -0.39 is 0 Å². The van der Waals surface area contributed by atoms with Crippen LogP contribution >= 0.6 is 11.3 Å². The third kappa shape index (κ3) is 4.22. The Morgan fingerprint density at radius 3 is 1.59 bits per heavy atom. The van der Waals surface area contributed by atoms with Crippen molar-refractivity contribution in [3.8, 4) is 33.6 Å². The van der Waals surface area contributed by atoms with E-state index in [4.69, 9.17) is 0 Å². The number of hydrogen-bond donors (Lipinski definition) is 0. The molecule has 0 spiro atoms. The van der Waals surface area contributed by atoms with E-state index in [2.05, 4.69) is 191 Å². The van der Waals surface area contributed by atoms with Gasteiger partial charge in [-0.15, -0.1) is 11.3 Å². The molecule has 3 aromatic heterocycles. The Labute approximate surface area is 298 Å². The molecule has 0 aliphatic carbocycles. The highest BCUT2D eigenvalue weighted by Crippen LogP contribution is 2.45. The molecule has 51 heavy (non-hydrogen) atoms. The van der Waals surface area contributed by atoms with Crippen molar-refractivity contribution in [1.29, 1.82) is 0 Å². The lowest BCUT2D eigenvalue weighted by Gasteiger charge is -2.10. The average Bonchev–Trinajstić information content (AvgIpc) is 3.86. The van der Waals surface area contributed by atoms with Gasteiger partial charge in [-0.3, -0.25) is 0 Å². The van der Waals surface area contributed by atoms with Crippen molar-refractivity contribution < 1.29 is 0 Å². The van der Waals surface area contributed by atoms with E-state index in [0.29, 0.717) is 0 Å². The van der Waals surface area contributed by atoms with E-state index in [-0.39, 0.29) is 0 Å². The number of benzene rings is 8. The van der Waals surface area contributed by atoms with E-state index in [1.807, 2.05) is 11.3 Å². The Kier molecular flexibility index (Phi) is 6.16. The summed E-state index contributed by atoms with van der Waals surface area (Å²) < 4.78 is 7.48. The maximum absolute atomic E-state index is 2.47. The third-order valence-corrected chi connectivity index (χ3v) is 11.8. The van der Waals surface area contributed by atoms with Gasteiger partial charge in [0.2, 0.25) is 0 Å². The van der Waals surface area contributed by atoms with Crippen molar-refractivity contribution in [3.05, 3.63) is 182 Å². The summed E-state index contributed by atoms with van der Waals surface area (Å²) in [5.74, 6) is 0. The molecule has 3 heteroatoms. The second kappa shape index (κ2) is 11.0. The van der Waals surface area contributed by atoms with Gasteiger partial charge in [0.15, 0.2) is 0 Å². The zero-order valence-electron chi connectivity index (χ0n) is 27.6. The maximum Gasteiger partial charge on any atom is 0.0640 e. The molecule has 3 heterocycles. The van der Waals surface area contributed by atoms with Crippen LogP contribution in [0.5, 0.6) is 0 Å².